The van der Waals surface area contributed by atoms with E-state index in [0.717, 1.165) is 0 Å². The van der Waals surface area contributed by atoms with Crippen molar-refractivity contribution in [2.24, 2.45) is 10.9 Å². The number of nitrogens with zero attached hydrogens (tertiary/aromatic N) is 1. The Morgan fingerprint density at radius 2 is 2.10 bits per heavy atom. The Kier molecular flexibility index (Phi) is 4.24. The highest BCUT2D eigenvalue weighted by Gasteiger charge is 2.11. The number of aromatic amines is 1. The van der Waals surface area contributed by atoms with Crippen LogP contribution in [0.25, 0.3) is 0 Å². The quantitative estimate of drug-likeness (QED) is 0.296. The number of amidine groups is 1. The molecule has 2 aromatic rings. The SMILES string of the molecule is N/C(=N/O)c1ccc(Cl)c(NC(=O)c2cccc(=O)[nH]2)c1. The minimum atomic E-state index is -0.536. The first-order chi connectivity index (χ1) is 10.0. The molecule has 0 unspecified atom stereocenters. The number of pyridine rings is 1. The molecule has 0 aliphatic heterocycles. The smallest absolute Gasteiger partial charge is 0.272 e. The summed E-state index contributed by atoms with van der Waals surface area (Å²) in [7, 11) is 0. The van der Waals surface area contributed by atoms with Gasteiger partial charge in [0.1, 0.15) is 5.69 Å². The van der Waals surface area contributed by atoms with Crippen LogP contribution in [0.15, 0.2) is 46.3 Å². The minimum absolute atomic E-state index is 0.0905. The number of hydrogen-bond donors (Lipinski definition) is 4. The monoisotopic (exact) mass is 306 g/mol. The summed E-state index contributed by atoms with van der Waals surface area (Å²) in [4.78, 5) is 25.6. The molecule has 0 saturated heterocycles. The average molecular weight is 307 g/mol. The van der Waals surface area contributed by atoms with Gasteiger partial charge in [-0.05, 0) is 24.3 Å². The van der Waals surface area contributed by atoms with Crippen LogP contribution in [0.4, 0.5) is 5.69 Å². The van der Waals surface area contributed by atoms with E-state index in [4.69, 9.17) is 22.5 Å². The first-order valence-corrected chi connectivity index (χ1v) is 6.17. The van der Waals surface area contributed by atoms with E-state index in [0.29, 0.717) is 5.56 Å². The number of halogens is 1. The second-order valence-corrected chi connectivity index (χ2v) is 4.47. The molecule has 0 atom stereocenters. The lowest BCUT2D eigenvalue weighted by molar-refractivity contribution is 0.102. The molecule has 1 amide bonds. The molecule has 7 nitrogen and oxygen atoms in total. The number of aromatic nitrogens is 1. The van der Waals surface area contributed by atoms with Crippen molar-refractivity contribution in [3.05, 3.63) is 63.0 Å². The second-order valence-electron chi connectivity index (χ2n) is 4.06. The number of carbonyl (C=O) groups is 1. The van der Waals surface area contributed by atoms with Crippen molar-refractivity contribution in [1.82, 2.24) is 4.98 Å². The van der Waals surface area contributed by atoms with E-state index >= 15 is 0 Å². The van der Waals surface area contributed by atoms with Crippen molar-refractivity contribution >= 4 is 29.0 Å². The maximum atomic E-state index is 12.0. The van der Waals surface area contributed by atoms with Gasteiger partial charge in [-0.15, -0.1) is 0 Å². The Bertz CT molecular complexity index is 770. The molecule has 1 aromatic heterocycles. The van der Waals surface area contributed by atoms with E-state index in [2.05, 4.69) is 15.5 Å². The van der Waals surface area contributed by atoms with Gasteiger partial charge in [0.25, 0.3) is 5.91 Å². The van der Waals surface area contributed by atoms with Crippen LogP contribution in [0.3, 0.4) is 0 Å². The molecule has 0 aliphatic rings. The molecule has 8 heteroatoms. The highest BCUT2D eigenvalue weighted by atomic mass is 35.5. The molecule has 21 heavy (non-hydrogen) atoms. The van der Waals surface area contributed by atoms with Gasteiger partial charge in [-0.25, -0.2) is 0 Å². The van der Waals surface area contributed by atoms with E-state index in [1.165, 1.54) is 36.4 Å². The molecule has 108 valence electrons. The second kappa shape index (κ2) is 6.10. The Morgan fingerprint density at radius 1 is 1.33 bits per heavy atom. The first kappa shape index (κ1) is 14.6. The molecule has 5 N–H and O–H groups in total. The predicted octanol–water partition coefficient (Wildman–Crippen LogP) is 1.38. The van der Waals surface area contributed by atoms with Crippen LogP contribution >= 0.6 is 11.6 Å². The fourth-order valence-corrected chi connectivity index (χ4v) is 1.77. The fourth-order valence-electron chi connectivity index (χ4n) is 1.61. The maximum absolute atomic E-state index is 12.0. The lowest BCUT2D eigenvalue weighted by Crippen LogP contribution is -2.19. The summed E-state index contributed by atoms with van der Waals surface area (Å²) in [6, 6.07) is 8.70. The summed E-state index contributed by atoms with van der Waals surface area (Å²) in [5.74, 6) is -0.651. The minimum Gasteiger partial charge on any atom is -0.409 e. The molecule has 2 rings (SSSR count). The average Bonchev–Trinajstić information content (AvgIpc) is 2.48. The molecule has 0 aliphatic carbocycles. The number of rotatable bonds is 3. The zero-order valence-corrected chi connectivity index (χ0v) is 11.4. The number of carbonyl (C=O) groups excluding carboxylic acids is 1. The Balaban J connectivity index is 2.31. The maximum Gasteiger partial charge on any atom is 0.272 e. The third kappa shape index (κ3) is 3.40. The molecule has 1 aromatic carbocycles. The van der Waals surface area contributed by atoms with Gasteiger partial charge in [-0.1, -0.05) is 22.8 Å². The Morgan fingerprint density at radius 3 is 2.76 bits per heavy atom. The first-order valence-electron chi connectivity index (χ1n) is 5.79. The van der Waals surface area contributed by atoms with Crippen LogP contribution < -0.4 is 16.6 Å². The zero-order valence-electron chi connectivity index (χ0n) is 10.6. The molecular formula is C13H11ClN4O3. The van der Waals surface area contributed by atoms with Gasteiger partial charge in [-0.3, -0.25) is 9.59 Å². The summed E-state index contributed by atoms with van der Waals surface area (Å²) in [5.41, 5.74) is 5.83. The zero-order chi connectivity index (χ0) is 15.4. The number of oxime groups is 1. The summed E-state index contributed by atoms with van der Waals surface area (Å²) in [6.45, 7) is 0. The molecule has 1 heterocycles. The van der Waals surface area contributed by atoms with E-state index in [9.17, 15) is 9.59 Å². The number of benzene rings is 1. The number of H-pyrrole nitrogens is 1. The van der Waals surface area contributed by atoms with E-state index in [1.807, 2.05) is 0 Å². The summed E-state index contributed by atoms with van der Waals surface area (Å²) in [5, 5.41) is 14.3. The third-order valence-corrected chi connectivity index (χ3v) is 2.96. The Labute approximate surface area is 124 Å². The molecule has 0 spiro atoms. The lowest BCUT2D eigenvalue weighted by Gasteiger charge is -2.09. The summed E-state index contributed by atoms with van der Waals surface area (Å²) < 4.78 is 0. The van der Waals surface area contributed by atoms with E-state index in [-0.39, 0.29) is 27.8 Å². The van der Waals surface area contributed by atoms with Gasteiger partial charge in [0, 0.05) is 11.6 Å². The summed E-state index contributed by atoms with van der Waals surface area (Å²) >= 11 is 5.98. The summed E-state index contributed by atoms with van der Waals surface area (Å²) in [6.07, 6.45) is 0. The molecule has 0 fully saturated rings. The number of nitrogens with two attached hydrogens (primary N) is 1. The molecular weight excluding hydrogens is 296 g/mol. The van der Waals surface area contributed by atoms with Crippen LogP contribution in [0.5, 0.6) is 0 Å². The third-order valence-electron chi connectivity index (χ3n) is 2.63. The van der Waals surface area contributed by atoms with Gasteiger partial charge >= 0.3 is 0 Å². The van der Waals surface area contributed by atoms with Crippen molar-refractivity contribution < 1.29 is 10.0 Å². The molecule has 0 bridgehead atoms. The van der Waals surface area contributed by atoms with Crippen molar-refractivity contribution in [2.75, 3.05) is 5.32 Å². The van der Waals surface area contributed by atoms with Gasteiger partial charge in [0.05, 0.1) is 10.7 Å². The number of nitrogens with one attached hydrogen (secondary N) is 2. The Hall–Kier alpha value is -2.80. The van der Waals surface area contributed by atoms with E-state index in [1.54, 1.807) is 0 Å². The van der Waals surface area contributed by atoms with Crippen LogP contribution in [0, 0.1) is 0 Å². The van der Waals surface area contributed by atoms with Crippen LogP contribution in [0.1, 0.15) is 16.1 Å². The largest absolute Gasteiger partial charge is 0.409 e. The van der Waals surface area contributed by atoms with Crippen molar-refractivity contribution in [2.45, 2.75) is 0 Å². The highest BCUT2D eigenvalue weighted by Crippen LogP contribution is 2.23. The predicted molar refractivity (Wildman–Crippen MR) is 79.0 cm³/mol. The number of amides is 1. The molecule has 0 radical (unpaired) electrons. The number of anilines is 1. The van der Waals surface area contributed by atoms with Crippen molar-refractivity contribution in [3.63, 3.8) is 0 Å². The van der Waals surface area contributed by atoms with Crippen LogP contribution in [0.2, 0.25) is 5.02 Å². The van der Waals surface area contributed by atoms with Crippen LogP contribution in [-0.4, -0.2) is 21.9 Å². The van der Waals surface area contributed by atoms with Gasteiger partial charge in [0.15, 0.2) is 5.84 Å². The van der Waals surface area contributed by atoms with Gasteiger partial charge in [0.2, 0.25) is 5.56 Å². The van der Waals surface area contributed by atoms with Crippen molar-refractivity contribution in [3.8, 4) is 0 Å². The highest BCUT2D eigenvalue weighted by molar-refractivity contribution is 6.34. The normalized spacial score (nSPS) is 11.2. The van der Waals surface area contributed by atoms with Gasteiger partial charge in [-0.2, -0.15) is 0 Å². The van der Waals surface area contributed by atoms with Gasteiger partial charge < -0.3 is 21.2 Å². The van der Waals surface area contributed by atoms with Crippen molar-refractivity contribution in [1.29, 1.82) is 0 Å². The molecule has 0 saturated carbocycles. The lowest BCUT2D eigenvalue weighted by atomic mass is 10.2. The topological polar surface area (TPSA) is 121 Å². The van der Waals surface area contributed by atoms with Crippen LogP contribution in [-0.2, 0) is 0 Å². The fraction of sp³-hybridized carbons (Fsp3) is 0. The standard InChI is InChI=1S/C13H11ClN4O3/c14-8-5-4-7(12(15)18-21)6-10(8)17-13(20)9-2-1-3-11(19)16-9/h1-6,21H,(H2,15,18)(H,16,19)(H,17,20). The van der Waals surface area contributed by atoms with E-state index < -0.39 is 5.91 Å². The number of hydrogen-bond acceptors (Lipinski definition) is 4.